The van der Waals surface area contributed by atoms with Gasteiger partial charge in [-0.2, -0.15) is 0 Å². The van der Waals surface area contributed by atoms with Gasteiger partial charge in [0.25, 0.3) is 0 Å². The molecule has 0 bridgehead atoms. The van der Waals surface area contributed by atoms with Crippen molar-refractivity contribution >= 4 is 0 Å². The zero-order valence-electron chi connectivity index (χ0n) is 11.6. The molecule has 1 N–H and O–H groups in total. The summed E-state index contributed by atoms with van der Waals surface area (Å²) in [6, 6.07) is 0.786. The minimum absolute atomic E-state index is 0.480. The summed E-state index contributed by atoms with van der Waals surface area (Å²) in [6.07, 6.45) is 9.50. The van der Waals surface area contributed by atoms with E-state index < -0.39 is 0 Å². The molecule has 2 unspecified atom stereocenters. The van der Waals surface area contributed by atoms with Crippen molar-refractivity contribution in [2.75, 3.05) is 19.8 Å². The Bertz CT molecular complexity index is 223. The number of nitrogens with one attached hydrogen (secondary N) is 1. The van der Waals surface area contributed by atoms with Crippen LogP contribution in [0.25, 0.3) is 0 Å². The molecular weight excluding hydrogens is 210 g/mol. The molecule has 17 heavy (non-hydrogen) atoms. The SMILES string of the molecule is CCC1CCCCC1NCC1(C)CCOCC1. The number of hydrogen-bond acceptors (Lipinski definition) is 2. The molecule has 2 rings (SSSR count). The first-order valence-corrected chi connectivity index (χ1v) is 7.55. The van der Waals surface area contributed by atoms with Gasteiger partial charge in [0.05, 0.1) is 0 Å². The predicted octanol–water partition coefficient (Wildman–Crippen LogP) is 3.36. The summed E-state index contributed by atoms with van der Waals surface area (Å²) in [5.74, 6) is 0.923. The smallest absolute Gasteiger partial charge is 0.0471 e. The van der Waals surface area contributed by atoms with Crippen molar-refractivity contribution in [1.82, 2.24) is 5.32 Å². The van der Waals surface area contributed by atoms with Gasteiger partial charge in [-0.1, -0.05) is 33.1 Å². The minimum atomic E-state index is 0.480. The van der Waals surface area contributed by atoms with E-state index in [-0.39, 0.29) is 0 Å². The summed E-state index contributed by atoms with van der Waals surface area (Å²) >= 11 is 0. The molecule has 100 valence electrons. The second-order valence-corrected chi connectivity index (χ2v) is 6.36. The molecule has 0 aromatic heterocycles. The molecule has 1 aliphatic heterocycles. The van der Waals surface area contributed by atoms with Crippen LogP contribution in [0.3, 0.4) is 0 Å². The normalized spacial score (nSPS) is 33.5. The Kier molecular flexibility index (Phi) is 4.87. The first-order chi connectivity index (χ1) is 8.23. The van der Waals surface area contributed by atoms with Crippen molar-refractivity contribution in [1.29, 1.82) is 0 Å². The van der Waals surface area contributed by atoms with E-state index in [4.69, 9.17) is 4.74 Å². The molecule has 2 fully saturated rings. The van der Waals surface area contributed by atoms with Crippen molar-refractivity contribution in [2.24, 2.45) is 11.3 Å². The standard InChI is InChI=1S/C15H29NO/c1-3-13-6-4-5-7-14(13)16-12-15(2)8-10-17-11-9-15/h13-14,16H,3-12H2,1-2H3. The fraction of sp³-hybridized carbons (Fsp3) is 1.00. The third kappa shape index (κ3) is 3.69. The molecule has 0 aromatic carbocycles. The molecule has 2 nitrogen and oxygen atoms in total. The van der Waals surface area contributed by atoms with Gasteiger partial charge in [-0.3, -0.25) is 0 Å². The molecule has 0 radical (unpaired) electrons. The average molecular weight is 239 g/mol. The van der Waals surface area contributed by atoms with Gasteiger partial charge in [-0.05, 0) is 37.0 Å². The van der Waals surface area contributed by atoms with Crippen molar-refractivity contribution in [3.8, 4) is 0 Å². The Morgan fingerprint density at radius 1 is 1.18 bits per heavy atom. The first-order valence-electron chi connectivity index (χ1n) is 7.55. The molecule has 1 saturated heterocycles. The van der Waals surface area contributed by atoms with Gasteiger partial charge >= 0.3 is 0 Å². The Balaban J connectivity index is 1.79. The molecule has 1 aliphatic carbocycles. The van der Waals surface area contributed by atoms with Crippen molar-refractivity contribution in [3.63, 3.8) is 0 Å². The van der Waals surface area contributed by atoms with Crippen LogP contribution in [0.15, 0.2) is 0 Å². The van der Waals surface area contributed by atoms with Gasteiger partial charge < -0.3 is 10.1 Å². The lowest BCUT2D eigenvalue weighted by Crippen LogP contribution is -2.45. The highest BCUT2D eigenvalue weighted by atomic mass is 16.5. The van der Waals surface area contributed by atoms with Crippen molar-refractivity contribution in [3.05, 3.63) is 0 Å². The van der Waals surface area contributed by atoms with Crippen LogP contribution in [-0.4, -0.2) is 25.8 Å². The van der Waals surface area contributed by atoms with Crippen LogP contribution in [0.4, 0.5) is 0 Å². The van der Waals surface area contributed by atoms with Crippen LogP contribution < -0.4 is 5.32 Å². The van der Waals surface area contributed by atoms with Crippen LogP contribution in [0.5, 0.6) is 0 Å². The summed E-state index contributed by atoms with van der Waals surface area (Å²) < 4.78 is 5.47. The molecule has 0 amide bonds. The zero-order chi connectivity index (χ0) is 12.1. The van der Waals surface area contributed by atoms with Crippen molar-refractivity contribution in [2.45, 2.75) is 64.8 Å². The maximum absolute atomic E-state index is 5.47. The Hall–Kier alpha value is -0.0800. The first kappa shape index (κ1) is 13.4. The Morgan fingerprint density at radius 3 is 2.59 bits per heavy atom. The highest BCUT2D eigenvalue weighted by Crippen LogP contribution is 2.31. The number of rotatable bonds is 4. The summed E-state index contributed by atoms with van der Waals surface area (Å²) in [5, 5.41) is 3.88. The fourth-order valence-electron chi connectivity index (χ4n) is 3.38. The van der Waals surface area contributed by atoms with Crippen molar-refractivity contribution < 1.29 is 4.74 Å². The van der Waals surface area contributed by atoms with E-state index in [0.717, 1.165) is 25.2 Å². The van der Waals surface area contributed by atoms with Gasteiger partial charge in [0.1, 0.15) is 0 Å². The van der Waals surface area contributed by atoms with E-state index in [1.165, 1.54) is 51.5 Å². The molecular formula is C15H29NO. The lowest BCUT2D eigenvalue weighted by atomic mass is 9.79. The molecule has 0 spiro atoms. The maximum atomic E-state index is 5.47. The summed E-state index contributed by atoms with van der Waals surface area (Å²) in [6.45, 7) is 7.88. The molecule has 1 saturated carbocycles. The third-order valence-electron chi connectivity index (χ3n) is 4.92. The molecule has 1 heterocycles. The van der Waals surface area contributed by atoms with Crippen LogP contribution in [0.2, 0.25) is 0 Å². The van der Waals surface area contributed by atoms with Crippen LogP contribution in [-0.2, 0) is 4.74 Å². The van der Waals surface area contributed by atoms with E-state index in [9.17, 15) is 0 Å². The lowest BCUT2D eigenvalue weighted by Gasteiger charge is -2.38. The van der Waals surface area contributed by atoms with E-state index in [1.54, 1.807) is 0 Å². The maximum Gasteiger partial charge on any atom is 0.0471 e. The molecule has 2 heteroatoms. The number of ether oxygens (including phenoxy) is 1. The summed E-state index contributed by atoms with van der Waals surface area (Å²) in [5.41, 5.74) is 0.480. The minimum Gasteiger partial charge on any atom is -0.381 e. The quantitative estimate of drug-likeness (QED) is 0.812. The van der Waals surface area contributed by atoms with E-state index >= 15 is 0 Å². The second kappa shape index (κ2) is 6.19. The average Bonchev–Trinajstić information content (AvgIpc) is 2.38. The fourth-order valence-corrected chi connectivity index (χ4v) is 3.38. The van der Waals surface area contributed by atoms with Gasteiger partial charge in [-0.25, -0.2) is 0 Å². The van der Waals surface area contributed by atoms with Gasteiger partial charge in [0.15, 0.2) is 0 Å². The lowest BCUT2D eigenvalue weighted by molar-refractivity contribution is 0.0210. The number of hydrogen-bond donors (Lipinski definition) is 1. The topological polar surface area (TPSA) is 21.3 Å². The molecule has 2 aliphatic rings. The van der Waals surface area contributed by atoms with Gasteiger partial charge in [0, 0.05) is 25.8 Å². The largest absolute Gasteiger partial charge is 0.381 e. The highest BCUT2D eigenvalue weighted by Gasteiger charge is 2.30. The summed E-state index contributed by atoms with van der Waals surface area (Å²) in [4.78, 5) is 0. The third-order valence-corrected chi connectivity index (χ3v) is 4.92. The van der Waals surface area contributed by atoms with Crippen LogP contribution >= 0.6 is 0 Å². The van der Waals surface area contributed by atoms with Gasteiger partial charge in [0.2, 0.25) is 0 Å². The monoisotopic (exact) mass is 239 g/mol. The zero-order valence-corrected chi connectivity index (χ0v) is 11.6. The predicted molar refractivity (Wildman–Crippen MR) is 72.2 cm³/mol. The van der Waals surface area contributed by atoms with Gasteiger partial charge in [-0.15, -0.1) is 0 Å². The second-order valence-electron chi connectivity index (χ2n) is 6.36. The van der Waals surface area contributed by atoms with E-state index in [0.29, 0.717) is 5.41 Å². The van der Waals surface area contributed by atoms with Crippen LogP contribution in [0, 0.1) is 11.3 Å². The highest BCUT2D eigenvalue weighted by molar-refractivity contribution is 4.85. The van der Waals surface area contributed by atoms with Crippen LogP contribution in [0.1, 0.15) is 58.8 Å². The molecule has 2 atom stereocenters. The Labute approximate surface area is 107 Å². The Morgan fingerprint density at radius 2 is 1.88 bits per heavy atom. The van der Waals surface area contributed by atoms with E-state index in [1.807, 2.05) is 0 Å². The summed E-state index contributed by atoms with van der Waals surface area (Å²) in [7, 11) is 0. The van der Waals surface area contributed by atoms with E-state index in [2.05, 4.69) is 19.2 Å². The molecule has 0 aromatic rings.